The second kappa shape index (κ2) is 5.99. The third-order valence-corrected chi connectivity index (χ3v) is 4.81. The van der Waals surface area contributed by atoms with Crippen LogP contribution in [0.25, 0.3) is 10.2 Å². The Labute approximate surface area is 127 Å². The van der Waals surface area contributed by atoms with Crippen molar-refractivity contribution in [2.45, 2.75) is 44.2 Å². The summed E-state index contributed by atoms with van der Waals surface area (Å²) in [5, 5.41) is 13.5. The molecule has 21 heavy (non-hydrogen) atoms. The summed E-state index contributed by atoms with van der Waals surface area (Å²) in [5.74, 6) is -0.144. The van der Waals surface area contributed by atoms with Gasteiger partial charge in [-0.05, 0) is 31.0 Å². The predicted octanol–water partition coefficient (Wildman–Crippen LogP) is 2.30. The van der Waals surface area contributed by atoms with E-state index in [2.05, 4.69) is 10.3 Å². The molecule has 5 nitrogen and oxygen atoms in total. The number of nitrogens with two attached hydrogens (primary N) is 1. The summed E-state index contributed by atoms with van der Waals surface area (Å²) in [6.45, 7) is 0. The minimum atomic E-state index is -0.445. The average Bonchev–Trinajstić information content (AvgIpc) is 2.72. The van der Waals surface area contributed by atoms with Gasteiger partial charge in [-0.2, -0.15) is 0 Å². The van der Waals surface area contributed by atoms with Gasteiger partial charge >= 0.3 is 0 Å². The molecule has 2 unspecified atom stereocenters. The molecule has 1 aromatic carbocycles. The number of carbonyl (C=O) groups excluding carboxylic acids is 1. The van der Waals surface area contributed by atoms with E-state index in [1.54, 1.807) is 12.1 Å². The van der Waals surface area contributed by atoms with E-state index in [0.29, 0.717) is 10.7 Å². The maximum absolute atomic E-state index is 12.4. The van der Waals surface area contributed by atoms with Crippen LogP contribution in [0.4, 0.5) is 5.13 Å². The number of fused-ring (bicyclic) bond motifs is 1. The number of nitrogen functional groups attached to an aromatic ring is 1. The molecule has 1 aliphatic carbocycles. The Morgan fingerprint density at radius 3 is 3.00 bits per heavy atom. The van der Waals surface area contributed by atoms with Gasteiger partial charge in [0, 0.05) is 5.56 Å². The van der Waals surface area contributed by atoms with E-state index in [1.807, 2.05) is 6.07 Å². The van der Waals surface area contributed by atoms with E-state index in [4.69, 9.17) is 5.73 Å². The van der Waals surface area contributed by atoms with Gasteiger partial charge in [-0.15, -0.1) is 0 Å². The monoisotopic (exact) mass is 305 g/mol. The van der Waals surface area contributed by atoms with Crippen LogP contribution in [0.3, 0.4) is 0 Å². The minimum absolute atomic E-state index is 0.144. The summed E-state index contributed by atoms with van der Waals surface area (Å²) in [5.41, 5.74) is 7.07. The van der Waals surface area contributed by atoms with Crippen LogP contribution in [0.5, 0.6) is 0 Å². The van der Waals surface area contributed by atoms with Crippen LogP contribution < -0.4 is 11.1 Å². The molecule has 3 rings (SSSR count). The molecule has 4 N–H and O–H groups in total. The summed E-state index contributed by atoms with van der Waals surface area (Å²) in [7, 11) is 0. The Kier molecular flexibility index (Phi) is 4.07. The van der Waals surface area contributed by atoms with E-state index in [0.717, 1.165) is 42.3 Å². The van der Waals surface area contributed by atoms with Crippen molar-refractivity contribution in [3.8, 4) is 0 Å². The normalized spacial score (nSPS) is 22.9. The number of benzene rings is 1. The lowest BCUT2D eigenvalue weighted by Crippen LogP contribution is -2.42. The fourth-order valence-electron chi connectivity index (χ4n) is 2.79. The molecule has 0 spiro atoms. The first-order chi connectivity index (χ1) is 10.1. The molecule has 2 atom stereocenters. The number of aliphatic hydroxyl groups excluding tert-OH is 1. The van der Waals surface area contributed by atoms with Gasteiger partial charge in [0.1, 0.15) is 0 Å². The highest BCUT2D eigenvalue weighted by atomic mass is 32.1. The first kappa shape index (κ1) is 14.3. The van der Waals surface area contributed by atoms with Crippen LogP contribution in [-0.4, -0.2) is 28.1 Å². The second-order valence-corrected chi connectivity index (χ2v) is 6.58. The van der Waals surface area contributed by atoms with E-state index in [-0.39, 0.29) is 11.9 Å². The zero-order valence-electron chi connectivity index (χ0n) is 11.7. The number of hydrogen-bond donors (Lipinski definition) is 3. The van der Waals surface area contributed by atoms with Crippen molar-refractivity contribution >= 4 is 32.6 Å². The number of rotatable bonds is 2. The third-order valence-electron chi connectivity index (χ3n) is 3.96. The van der Waals surface area contributed by atoms with Crippen LogP contribution in [0.1, 0.15) is 42.5 Å². The van der Waals surface area contributed by atoms with Gasteiger partial charge in [-0.3, -0.25) is 4.79 Å². The Balaban J connectivity index is 1.76. The van der Waals surface area contributed by atoms with Gasteiger partial charge < -0.3 is 16.2 Å². The molecule has 1 heterocycles. The van der Waals surface area contributed by atoms with Crippen LogP contribution in [-0.2, 0) is 0 Å². The van der Waals surface area contributed by atoms with Crippen molar-refractivity contribution in [2.24, 2.45) is 0 Å². The number of aromatic nitrogens is 1. The van der Waals surface area contributed by atoms with E-state index in [1.165, 1.54) is 11.3 Å². The highest BCUT2D eigenvalue weighted by Gasteiger charge is 2.23. The van der Waals surface area contributed by atoms with Gasteiger partial charge in [0.15, 0.2) is 5.13 Å². The minimum Gasteiger partial charge on any atom is -0.391 e. The maximum atomic E-state index is 12.4. The average molecular weight is 305 g/mol. The summed E-state index contributed by atoms with van der Waals surface area (Å²) in [6, 6.07) is 5.21. The molecule has 0 bridgehead atoms. The number of nitrogens with zero attached hydrogens (tertiary/aromatic N) is 1. The Morgan fingerprint density at radius 1 is 1.33 bits per heavy atom. The molecule has 0 aliphatic heterocycles. The fourth-order valence-corrected chi connectivity index (χ4v) is 3.57. The lowest BCUT2D eigenvalue weighted by molar-refractivity contribution is 0.0819. The molecule has 1 aromatic heterocycles. The molecule has 0 saturated heterocycles. The summed E-state index contributed by atoms with van der Waals surface area (Å²) >= 11 is 1.37. The van der Waals surface area contributed by atoms with E-state index < -0.39 is 6.10 Å². The molecule has 0 radical (unpaired) electrons. The number of amides is 1. The molecule has 6 heteroatoms. The van der Waals surface area contributed by atoms with Crippen molar-refractivity contribution in [1.82, 2.24) is 10.3 Å². The highest BCUT2D eigenvalue weighted by molar-refractivity contribution is 7.22. The van der Waals surface area contributed by atoms with Crippen LogP contribution in [0.15, 0.2) is 18.2 Å². The molecular weight excluding hydrogens is 286 g/mol. The molecule has 2 aromatic rings. The lowest BCUT2D eigenvalue weighted by atomic mass is 10.1. The van der Waals surface area contributed by atoms with E-state index in [9.17, 15) is 9.90 Å². The van der Waals surface area contributed by atoms with Crippen LogP contribution >= 0.6 is 11.3 Å². The fraction of sp³-hybridized carbons (Fsp3) is 0.467. The summed E-state index contributed by atoms with van der Waals surface area (Å²) < 4.78 is 0.904. The number of hydrogen-bond acceptors (Lipinski definition) is 5. The van der Waals surface area contributed by atoms with Gasteiger partial charge in [0.25, 0.3) is 5.91 Å². The van der Waals surface area contributed by atoms with Crippen molar-refractivity contribution in [2.75, 3.05) is 5.73 Å². The van der Waals surface area contributed by atoms with Crippen LogP contribution in [0.2, 0.25) is 0 Å². The summed E-state index contributed by atoms with van der Waals surface area (Å²) in [4.78, 5) is 16.5. The van der Waals surface area contributed by atoms with Crippen molar-refractivity contribution in [3.63, 3.8) is 0 Å². The molecular formula is C15H19N3O2S. The van der Waals surface area contributed by atoms with Gasteiger partial charge in [-0.1, -0.05) is 30.6 Å². The van der Waals surface area contributed by atoms with E-state index >= 15 is 0 Å². The third kappa shape index (κ3) is 3.16. The largest absolute Gasteiger partial charge is 0.391 e. The van der Waals surface area contributed by atoms with Crippen molar-refractivity contribution < 1.29 is 9.90 Å². The number of carbonyl (C=O) groups is 1. The first-order valence-corrected chi connectivity index (χ1v) is 8.10. The first-order valence-electron chi connectivity index (χ1n) is 7.28. The van der Waals surface area contributed by atoms with Crippen molar-refractivity contribution in [1.29, 1.82) is 0 Å². The van der Waals surface area contributed by atoms with Gasteiger partial charge in [0.2, 0.25) is 0 Å². The molecule has 1 saturated carbocycles. The van der Waals surface area contributed by atoms with Crippen LogP contribution in [0, 0.1) is 0 Å². The summed E-state index contributed by atoms with van der Waals surface area (Å²) in [6.07, 6.45) is 4.35. The molecule has 1 aliphatic rings. The second-order valence-electron chi connectivity index (χ2n) is 5.52. The van der Waals surface area contributed by atoms with Gasteiger partial charge in [-0.25, -0.2) is 4.98 Å². The molecule has 112 valence electrons. The molecule has 1 fully saturated rings. The Morgan fingerprint density at radius 2 is 2.14 bits per heavy atom. The zero-order valence-corrected chi connectivity index (χ0v) is 12.5. The number of aliphatic hydroxyl groups is 1. The number of thiazole rings is 1. The number of nitrogens with one attached hydrogen (secondary N) is 1. The molecule has 1 amide bonds. The number of anilines is 1. The van der Waals surface area contributed by atoms with Gasteiger partial charge in [0.05, 0.1) is 22.4 Å². The topological polar surface area (TPSA) is 88.2 Å². The van der Waals surface area contributed by atoms with Crippen molar-refractivity contribution in [3.05, 3.63) is 23.8 Å². The standard InChI is InChI=1S/C15H19N3O2S/c16-15-18-11-7-6-9(8-13(11)21-15)14(20)17-10-4-2-1-3-5-12(10)19/h6-8,10,12,19H,1-5H2,(H2,16,18)(H,17,20). The highest BCUT2D eigenvalue weighted by Crippen LogP contribution is 2.25. The maximum Gasteiger partial charge on any atom is 0.251 e. The zero-order chi connectivity index (χ0) is 14.8. The smallest absolute Gasteiger partial charge is 0.251 e. The SMILES string of the molecule is Nc1nc2ccc(C(=O)NC3CCCCCC3O)cc2s1. The Bertz CT molecular complexity index is 655. The quantitative estimate of drug-likeness (QED) is 0.743. The lowest BCUT2D eigenvalue weighted by Gasteiger charge is -2.21. The Hall–Kier alpha value is -1.66. The predicted molar refractivity (Wildman–Crippen MR) is 84.4 cm³/mol.